The van der Waals surface area contributed by atoms with Crippen molar-refractivity contribution in [3.05, 3.63) is 35.4 Å². The van der Waals surface area contributed by atoms with E-state index in [-0.39, 0.29) is 11.9 Å². The Morgan fingerprint density at radius 1 is 1.10 bits per heavy atom. The quantitative estimate of drug-likeness (QED) is 0.242. The molecular weight excluding hydrogens is 368 g/mol. The lowest BCUT2D eigenvalue weighted by atomic mass is 10.1. The SMILES string of the molecule is CCNC(=NCCCCCCC(=O)OC)NCCc1cccc(C(=O)N(C)C)c1. The lowest BCUT2D eigenvalue weighted by molar-refractivity contribution is -0.140. The molecule has 0 fully saturated rings. The molecule has 29 heavy (non-hydrogen) atoms. The predicted molar refractivity (Wildman–Crippen MR) is 117 cm³/mol. The van der Waals surface area contributed by atoms with E-state index >= 15 is 0 Å². The molecule has 0 aliphatic carbocycles. The first-order chi connectivity index (χ1) is 14.0. The molecule has 162 valence electrons. The summed E-state index contributed by atoms with van der Waals surface area (Å²) >= 11 is 0. The number of rotatable bonds is 12. The van der Waals surface area contributed by atoms with Gasteiger partial charge in [-0.1, -0.05) is 25.0 Å². The largest absolute Gasteiger partial charge is 0.469 e. The molecule has 0 unspecified atom stereocenters. The average Bonchev–Trinajstić information content (AvgIpc) is 2.72. The van der Waals surface area contributed by atoms with E-state index < -0.39 is 0 Å². The number of esters is 1. The number of carbonyl (C=O) groups excluding carboxylic acids is 2. The van der Waals surface area contributed by atoms with Crippen LogP contribution in [-0.4, -0.2) is 63.6 Å². The van der Waals surface area contributed by atoms with Crippen LogP contribution in [0.25, 0.3) is 0 Å². The van der Waals surface area contributed by atoms with Gasteiger partial charge in [0.25, 0.3) is 5.91 Å². The highest BCUT2D eigenvalue weighted by molar-refractivity contribution is 5.94. The maximum absolute atomic E-state index is 12.1. The van der Waals surface area contributed by atoms with Crippen LogP contribution in [0.1, 0.15) is 54.9 Å². The first kappa shape index (κ1) is 24.5. The fourth-order valence-corrected chi connectivity index (χ4v) is 2.81. The van der Waals surface area contributed by atoms with Gasteiger partial charge in [-0.2, -0.15) is 0 Å². The molecule has 0 aromatic heterocycles. The second-order valence-corrected chi connectivity index (χ2v) is 7.08. The van der Waals surface area contributed by atoms with Crippen LogP contribution in [0.4, 0.5) is 0 Å². The number of nitrogens with one attached hydrogen (secondary N) is 2. The molecule has 0 heterocycles. The van der Waals surface area contributed by atoms with Crippen LogP contribution >= 0.6 is 0 Å². The van der Waals surface area contributed by atoms with Crippen LogP contribution in [0, 0.1) is 0 Å². The molecule has 0 spiro atoms. The Morgan fingerprint density at radius 2 is 1.86 bits per heavy atom. The highest BCUT2D eigenvalue weighted by Gasteiger charge is 2.08. The molecule has 0 bridgehead atoms. The summed E-state index contributed by atoms with van der Waals surface area (Å²) in [5, 5.41) is 6.60. The van der Waals surface area contributed by atoms with Crippen molar-refractivity contribution in [1.82, 2.24) is 15.5 Å². The van der Waals surface area contributed by atoms with Gasteiger partial charge in [0.1, 0.15) is 0 Å². The Labute approximate surface area is 174 Å². The standard InChI is InChI=1S/C22H36N4O3/c1-5-23-22(24-15-9-7-6-8-13-20(27)29-4)25-16-14-18-11-10-12-19(17-18)21(28)26(2)3/h10-12,17H,5-9,13-16H2,1-4H3,(H2,23,24,25). The zero-order chi connectivity index (χ0) is 21.5. The Hall–Kier alpha value is -2.57. The molecule has 0 atom stereocenters. The molecule has 0 saturated heterocycles. The molecule has 1 rings (SSSR count). The van der Waals surface area contributed by atoms with Gasteiger partial charge < -0.3 is 20.3 Å². The van der Waals surface area contributed by atoms with Gasteiger partial charge in [-0.25, -0.2) is 0 Å². The van der Waals surface area contributed by atoms with Gasteiger partial charge in [0, 0.05) is 45.7 Å². The van der Waals surface area contributed by atoms with Crippen molar-refractivity contribution in [2.75, 3.05) is 40.8 Å². The topological polar surface area (TPSA) is 83.0 Å². The van der Waals surface area contributed by atoms with Crippen LogP contribution in [0.2, 0.25) is 0 Å². The third kappa shape index (κ3) is 10.5. The number of aliphatic imine (C=N–C) groups is 1. The van der Waals surface area contributed by atoms with Crippen LogP contribution in [0.15, 0.2) is 29.3 Å². The Morgan fingerprint density at radius 3 is 2.55 bits per heavy atom. The van der Waals surface area contributed by atoms with Crippen molar-refractivity contribution in [3.63, 3.8) is 0 Å². The summed E-state index contributed by atoms with van der Waals surface area (Å²) in [7, 11) is 4.94. The van der Waals surface area contributed by atoms with Gasteiger partial charge in [-0.3, -0.25) is 14.6 Å². The summed E-state index contributed by atoms with van der Waals surface area (Å²) in [5.74, 6) is 0.683. The number of methoxy groups -OCH3 is 1. The fourth-order valence-electron chi connectivity index (χ4n) is 2.81. The summed E-state index contributed by atoms with van der Waals surface area (Å²) < 4.78 is 4.64. The maximum atomic E-state index is 12.1. The molecule has 1 amide bonds. The normalized spacial score (nSPS) is 11.1. The van der Waals surface area contributed by atoms with Crippen molar-refractivity contribution in [1.29, 1.82) is 0 Å². The smallest absolute Gasteiger partial charge is 0.305 e. The van der Waals surface area contributed by atoms with Crippen molar-refractivity contribution in [3.8, 4) is 0 Å². The molecule has 0 radical (unpaired) electrons. The monoisotopic (exact) mass is 404 g/mol. The number of carbonyl (C=O) groups is 2. The van der Waals surface area contributed by atoms with Crippen LogP contribution in [0.5, 0.6) is 0 Å². The van der Waals surface area contributed by atoms with E-state index in [4.69, 9.17) is 0 Å². The van der Waals surface area contributed by atoms with Gasteiger partial charge in [-0.05, 0) is 43.9 Å². The van der Waals surface area contributed by atoms with E-state index in [1.807, 2.05) is 31.2 Å². The van der Waals surface area contributed by atoms with Crippen LogP contribution in [0.3, 0.4) is 0 Å². The highest BCUT2D eigenvalue weighted by atomic mass is 16.5. The van der Waals surface area contributed by atoms with Gasteiger partial charge in [0.2, 0.25) is 0 Å². The molecule has 2 N–H and O–H groups in total. The van der Waals surface area contributed by atoms with E-state index in [1.54, 1.807) is 19.0 Å². The molecule has 0 aliphatic rings. The van der Waals surface area contributed by atoms with Gasteiger partial charge in [-0.15, -0.1) is 0 Å². The third-order valence-electron chi connectivity index (χ3n) is 4.42. The Kier molecular flexibility index (Phi) is 12.2. The van der Waals surface area contributed by atoms with Crippen molar-refractivity contribution in [2.24, 2.45) is 4.99 Å². The van der Waals surface area contributed by atoms with E-state index in [0.717, 1.165) is 63.3 Å². The lowest BCUT2D eigenvalue weighted by Gasteiger charge is -2.13. The zero-order valence-electron chi connectivity index (χ0n) is 18.3. The van der Waals surface area contributed by atoms with Crippen molar-refractivity contribution >= 4 is 17.8 Å². The second-order valence-electron chi connectivity index (χ2n) is 7.08. The summed E-state index contributed by atoms with van der Waals surface area (Å²) in [5.41, 5.74) is 1.83. The number of benzene rings is 1. The molecule has 7 heteroatoms. The average molecular weight is 405 g/mol. The molecule has 1 aromatic carbocycles. The van der Waals surface area contributed by atoms with Crippen molar-refractivity contribution < 1.29 is 14.3 Å². The second kappa shape index (κ2) is 14.4. The number of guanidine groups is 1. The minimum absolute atomic E-state index is 0.0151. The van der Waals surface area contributed by atoms with Crippen molar-refractivity contribution in [2.45, 2.75) is 45.4 Å². The first-order valence-electron chi connectivity index (χ1n) is 10.4. The van der Waals surface area contributed by atoms with Gasteiger partial charge in [0.15, 0.2) is 5.96 Å². The zero-order valence-corrected chi connectivity index (χ0v) is 18.3. The number of ether oxygens (including phenoxy) is 1. The van der Waals surface area contributed by atoms with Crippen LogP contribution < -0.4 is 10.6 Å². The predicted octanol–water partition coefficient (Wildman–Crippen LogP) is 2.61. The van der Waals surface area contributed by atoms with Crippen LogP contribution in [-0.2, 0) is 16.0 Å². The van der Waals surface area contributed by atoms with Gasteiger partial charge in [0.05, 0.1) is 7.11 Å². The van der Waals surface area contributed by atoms with E-state index in [2.05, 4.69) is 20.4 Å². The molecule has 0 aliphatic heterocycles. The molecule has 0 saturated carbocycles. The summed E-state index contributed by atoms with van der Waals surface area (Å²) in [6.45, 7) is 4.34. The molecule has 1 aromatic rings. The minimum atomic E-state index is -0.140. The molecule has 7 nitrogen and oxygen atoms in total. The number of hydrogen-bond acceptors (Lipinski definition) is 4. The fraction of sp³-hybridized carbons (Fsp3) is 0.591. The summed E-state index contributed by atoms with van der Waals surface area (Å²) in [4.78, 5) is 29.3. The van der Waals surface area contributed by atoms with E-state index in [1.165, 1.54) is 7.11 Å². The summed E-state index contributed by atoms with van der Waals surface area (Å²) in [6, 6.07) is 7.75. The number of nitrogens with zero attached hydrogens (tertiary/aromatic N) is 2. The number of amides is 1. The minimum Gasteiger partial charge on any atom is -0.469 e. The Balaban J connectivity index is 2.36. The van der Waals surface area contributed by atoms with E-state index in [9.17, 15) is 9.59 Å². The lowest BCUT2D eigenvalue weighted by Crippen LogP contribution is -2.38. The number of hydrogen-bond donors (Lipinski definition) is 2. The van der Waals surface area contributed by atoms with Gasteiger partial charge >= 0.3 is 5.97 Å². The highest BCUT2D eigenvalue weighted by Crippen LogP contribution is 2.08. The van der Waals surface area contributed by atoms with E-state index in [0.29, 0.717) is 12.0 Å². The summed E-state index contributed by atoms with van der Waals surface area (Å²) in [6.07, 6.45) is 5.22. The third-order valence-corrected chi connectivity index (χ3v) is 4.42. The number of unbranched alkanes of at least 4 members (excludes halogenated alkanes) is 3. The Bertz CT molecular complexity index is 659. The maximum Gasteiger partial charge on any atom is 0.305 e. The first-order valence-corrected chi connectivity index (χ1v) is 10.4. The molecular formula is C22H36N4O3.